The first-order valence-corrected chi connectivity index (χ1v) is 7.52. The summed E-state index contributed by atoms with van der Waals surface area (Å²) in [5.41, 5.74) is 9.63. The van der Waals surface area contributed by atoms with Gasteiger partial charge in [0.05, 0.1) is 11.0 Å². The molecule has 2 N–H and O–H groups in total. The molecule has 0 fully saturated rings. The van der Waals surface area contributed by atoms with Crippen molar-refractivity contribution in [2.24, 2.45) is 0 Å². The highest BCUT2D eigenvalue weighted by molar-refractivity contribution is 5.96. The topological polar surface area (TPSA) is 81.3 Å². The van der Waals surface area contributed by atoms with Crippen molar-refractivity contribution in [1.29, 1.82) is 0 Å². The Kier molecular flexibility index (Phi) is 3.67. The molecule has 3 rings (SSSR count). The van der Waals surface area contributed by atoms with Crippen molar-refractivity contribution in [1.82, 2.24) is 14.9 Å². The molecule has 1 aromatic heterocycles. The van der Waals surface area contributed by atoms with Gasteiger partial charge < -0.3 is 15.4 Å². The third-order valence-electron chi connectivity index (χ3n) is 3.56. The molecule has 120 valence electrons. The quantitative estimate of drug-likeness (QED) is 0.819. The number of aromatic nitrogens is 2. The van der Waals surface area contributed by atoms with Crippen LogP contribution in [0.4, 0.5) is 10.5 Å². The van der Waals surface area contributed by atoms with Gasteiger partial charge in [0.1, 0.15) is 5.60 Å². The van der Waals surface area contributed by atoms with Crippen LogP contribution in [-0.4, -0.2) is 39.7 Å². The molecule has 0 saturated carbocycles. The largest absolute Gasteiger partial charge is 0.444 e. The SMILES string of the molecule is CC(C)(C)OC(=O)N1CC=C(c2c(N)ccc3nccnc23)C1. The number of ether oxygens (including phenoxy) is 1. The fourth-order valence-corrected chi connectivity index (χ4v) is 2.59. The van der Waals surface area contributed by atoms with Gasteiger partial charge in [-0.2, -0.15) is 0 Å². The normalized spacial score (nSPS) is 14.9. The summed E-state index contributed by atoms with van der Waals surface area (Å²) in [7, 11) is 0. The molecule has 0 saturated heterocycles. The lowest BCUT2D eigenvalue weighted by Crippen LogP contribution is -2.35. The first kappa shape index (κ1) is 15.3. The molecule has 1 aliphatic heterocycles. The minimum atomic E-state index is -0.510. The smallest absolute Gasteiger partial charge is 0.410 e. The molecule has 2 aromatic rings. The van der Waals surface area contributed by atoms with Crippen molar-refractivity contribution < 1.29 is 9.53 Å². The number of nitrogens with zero attached hydrogens (tertiary/aromatic N) is 3. The molecule has 0 atom stereocenters. The minimum Gasteiger partial charge on any atom is -0.444 e. The Morgan fingerprint density at radius 2 is 2.00 bits per heavy atom. The standard InChI is InChI=1S/C17H20N4O2/c1-17(2,3)23-16(22)21-9-6-11(10-21)14-12(18)4-5-13-15(14)20-8-7-19-13/h4-8H,9-10,18H2,1-3H3. The van der Waals surface area contributed by atoms with Crippen LogP contribution in [0.15, 0.2) is 30.6 Å². The van der Waals surface area contributed by atoms with Gasteiger partial charge in [0, 0.05) is 36.7 Å². The monoisotopic (exact) mass is 312 g/mol. The molecule has 0 radical (unpaired) electrons. The zero-order chi connectivity index (χ0) is 16.6. The van der Waals surface area contributed by atoms with E-state index in [1.807, 2.05) is 39.0 Å². The van der Waals surface area contributed by atoms with Gasteiger partial charge in [-0.15, -0.1) is 0 Å². The van der Waals surface area contributed by atoms with Crippen molar-refractivity contribution in [2.45, 2.75) is 26.4 Å². The zero-order valence-electron chi connectivity index (χ0n) is 13.5. The van der Waals surface area contributed by atoms with Gasteiger partial charge in [-0.05, 0) is 38.5 Å². The Labute approximate surface area is 135 Å². The molecule has 1 amide bonds. The number of fused-ring (bicyclic) bond motifs is 1. The van der Waals surface area contributed by atoms with Crippen LogP contribution in [0.25, 0.3) is 16.6 Å². The number of benzene rings is 1. The van der Waals surface area contributed by atoms with E-state index in [4.69, 9.17) is 10.5 Å². The number of hydrogen-bond acceptors (Lipinski definition) is 5. The van der Waals surface area contributed by atoms with Crippen molar-refractivity contribution in [2.75, 3.05) is 18.8 Å². The Bertz CT molecular complexity index is 793. The summed E-state index contributed by atoms with van der Waals surface area (Å²) in [4.78, 5) is 22.5. The summed E-state index contributed by atoms with van der Waals surface area (Å²) >= 11 is 0. The first-order chi connectivity index (χ1) is 10.8. The van der Waals surface area contributed by atoms with Crippen LogP contribution in [0.2, 0.25) is 0 Å². The zero-order valence-corrected chi connectivity index (χ0v) is 13.5. The van der Waals surface area contributed by atoms with Crippen LogP contribution in [0.1, 0.15) is 26.3 Å². The third-order valence-corrected chi connectivity index (χ3v) is 3.56. The average molecular weight is 312 g/mol. The number of carbonyl (C=O) groups excluding carboxylic acids is 1. The van der Waals surface area contributed by atoms with E-state index in [0.29, 0.717) is 18.8 Å². The second-order valence-corrected chi connectivity index (χ2v) is 6.54. The molecule has 0 bridgehead atoms. The Balaban J connectivity index is 1.88. The van der Waals surface area contributed by atoms with E-state index in [9.17, 15) is 4.79 Å². The summed E-state index contributed by atoms with van der Waals surface area (Å²) in [6, 6.07) is 3.67. The van der Waals surface area contributed by atoms with Gasteiger partial charge in [0.15, 0.2) is 0 Å². The molecular weight excluding hydrogens is 292 g/mol. The number of nitrogen functional groups attached to an aromatic ring is 1. The minimum absolute atomic E-state index is 0.325. The van der Waals surface area contributed by atoms with Crippen LogP contribution in [0.5, 0.6) is 0 Å². The van der Waals surface area contributed by atoms with Crippen molar-refractivity contribution in [3.8, 4) is 0 Å². The predicted octanol–water partition coefficient (Wildman–Crippen LogP) is 2.85. The summed E-state index contributed by atoms with van der Waals surface area (Å²) in [6.07, 6.45) is 4.96. The van der Waals surface area contributed by atoms with Crippen LogP contribution in [0.3, 0.4) is 0 Å². The predicted molar refractivity (Wildman–Crippen MR) is 89.7 cm³/mol. The molecular formula is C17H20N4O2. The maximum absolute atomic E-state index is 12.2. The summed E-state index contributed by atoms with van der Waals surface area (Å²) in [5, 5.41) is 0. The fourth-order valence-electron chi connectivity index (χ4n) is 2.59. The fraction of sp³-hybridized carbons (Fsp3) is 0.353. The summed E-state index contributed by atoms with van der Waals surface area (Å²) in [6.45, 7) is 6.52. The van der Waals surface area contributed by atoms with Crippen molar-refractivity contribution in [3.63, 3.8) is 0 Å². The van der Waals surface area contributed by atoms with Gasteiger partial charge in [-0.1, -0.05) is 6.08 Å². The van der Waals surface area contributed by atoms with E-state index in [2.05, 4.69) is 9.97 Å². The van der Waals surface area contributed by atoms with Gasteiger partial charge in [-0.3, -0.25) is 9.97 Å². The van der Waals surface area contributed by atoms with Gasteiger partial charge >= 0.3 is 6.09 Å². The van der Waals surface area contributed by atoms with Crippen molar-refractivity contribution in [3.05, 3.63) is 36.2 Å². The van der Waals surface area contributed by atoms with Gasteiger partial charge in [-0.25, -0.2) is 4.79 Å². The summed E-state index contributed by atoms with van der Waals surface area (Å²) < 4.78 is 5.42. The lowest BCUT2D eigenvalue weighted by atomic mass is 10.0. The Morgan fingerprint density at radius 3 is 2.74 bits per heavy atom. The number of nitrogens with two attached hydrogens (primary N) is 1. The van der Waals surface area contributed by atoms with E-state index >= 15 is 0 Å². The first-order valence-electron chi connectivity index (χ1n) is 7.52. The van der Waals surface area contributed by atoms with Gasteiger partial charge in [0.2, 0.25) is 0 Å². The third kappa shape index (κ3) is 3.11. The van der Waals surface area contributed by atoms with Crippen LogP contribution in [0, 0.1) is 0 Å². The van der Waals surface area contributed by atoms with Crippen LogP contribution >= 0.6 is 0 Å². The molecule has 1 aromatic carbocycles. The molecule has 1 aliphatic rings. The van der Waals surface area contributed by atoms with Crippen LogP contribution in [-0.2, 0) is 4.74 Å². The highest BCUT2D eigenvalue weighted by Gasteiger charge is 2.27. The lowest BCUT2D eigenvalue weighted by molar-refractivity contribution is 0.0306. The highest BCUT2D eigenvalue weighted by atomic mass is 16.6. The van der Waals surface area contributed by atoms with Crippen molar-refractivity contribution >= 4 is 28.4 Å². The second kappa shape index (κ2) is 5.53. The molecule has 6 heteroatoms. The highest BCUT2D eigenvalue weighted by Crippen LogP contribution is 2.31. The number of amides is 1. The lowest BCUT2D eigenvalue weighted by Gasteiger charge is -2.24. The molecule has 6 nitrogen and oxygen atoms in total. The Morgan fingerprint density at radius 1 is 1.26 bits per heavy atom. The van der Waals surface area contributed by atoms with Crippen LogP contribution < -0.4 is 5.73 Å². The number of rotatable bonds is 1. The average Bonchev–Trinajstić information content (AvgIpc) is 2.95. The molecule has 2 heterocycles. The molecule has 0 aliphatic carbocycles. The maximum atomic E-state index is 12.2. The number of carbonyl (C=O) groups is 1. The van der Waals surface area contributed by atoms with E-state index in [0.717, 1.165) is 22.2 Å². The second-order valence-electron chi connectivity index (χ2n) is 6.54. The maximum Gasteiger partial charge on any atom is 0.410 e. The van der Waals surface area contributed by atoms with Gasteiger partial charge in [0.25, 0.3) is 0 Å². The molecule has 23 heavy (non-hydrogen) atoms. The van der Waals surface area contributed by atoms with E-state index in [1.54, 1.807) is 17.3 Å². The molecule has 0 spiro atoms. The Hall–Kier alpha value is -2.63. The number of hydrogen-bond donors (Lipinski definition) is 1. The summed E-state index contributed by atoms with van der Waals surface area (Å²) in [5.74, 6) is 0. The number of anilines is 1. The molecule has 0 unspecified atom stereocenters. The van der Waals surface area contributed by atoms with E-state index in [1.165, 1.54) is 0 Å². The van der Waals surface area contributed by atoms with E-state index in [-0.39, 0.29) is 6.09 Å². The van der Waals surface area contributed by atoms with E-state index < -0.39 is 5.60 Å².